The molecule has 0 heterocycles. The molecule has 1 unspecified atom stereocenters. The SMILES string of the molecule is Cc1cc(S(=O)(=O)Nc2cccc(S(C)=O)c2)c(F)cc1F. The highest BCUT2D eigenvalue weighted by Gasteiger charge is 2.21. The van der Waals surface area contributed by atoms with Crippen LogP contribution in [0.1, 0.15) is 5.56 Å². The Morgan fingerprint density at radius 3 is 2.41 bits per heavy atom. The minimum absolute atomic E-state index is 0.0187. The van der Waals surface area contributed by atoms with Gasteiger partial charge in [0.05, 0.1) is 5.69 Å². The number of hydrogen-bond acceptors (Lipinski definition) is 3. The minimum atomic E-state index is -4.22. The van der Waals surface area contributed by atoms with Gasteiger partial charge in [-0.15, -0.1) is 0 Å². The van der Waals surface area contributed by atoms with Crippen molar-refractivity contribution in [3.8, 4) is 0 Å². The molecule has 0 bridgehead atoms. The Labute approximate surface area is 129 Å². The average molecular weight is 345 g/mol. The zero-order valence-corrected chi connectivity index (χ0v) is 13.4. The van der Waals surface area contributed by atoms with E-state index in [9.17, 15) is 21.4 Å². The molecule has 118 valence electrons. The highest BCUT2D eigenvalue weighted by atomic mass is 32.2. The summed E-state index contributed by atoms with van der Waals surface area (Å²) in [4.78, 5) is -0.217. The van der Waals surface area contributed by atoms with Crippen molar-refractivity contribution >= 4 is 26.5 Å². The van der Waals surface area contributed by atoms with Gasteiger partial charge in [-0.2, -0.15) is 0 Å². The van der Waals surface area contributed by atoms with Gasteiger partial charge in [0.15, 0.2) is 0 Å². The maximum absolute atomic E-state index is 13.7. The van der Waals surface area contributed by atoms with E-state index in [-0.39, 0.29) is 11.3 Å². The second-order valence-corrected chi connectivity index (χ2v) is 7.65. The van der Waals surface area contributed by atoms with E-state index in [1.54, 1.807) is 6.07 Å². The molecule has 2 aromatic carbocycles. The first-order valence-corrected chi connectivity index (χ1v) is 9.17. The van der Waals surface area contributed by atoms with Crippen molar-refractivity contribution in [2.45, 2.75) is 16.7 Å². The fourth-order valence-corrected chi connectivity index (χ4v) is 3.54. The van der Waals surface area contributed by atoms with Crippen LogP contribution in [0.5, 0.6) is 0 Å². The Hall–Kier alpha value is -1.80. The van der Waals surface area contributed by atoms with Crippen LogP contribution in [0.15, 0.2) is 46.2 Å². The van der Waals surface area contributed by atoms with E-state index in [4.69, 9.17) is 0 Å². The molecule has 0 aliphatic rings. The summed E-state index contributed by atoms with van der Waals surface area (Å²) in [6, 6.07) is 7.40. The monoisotopic (exact) mass is 345 g/mol. The molecule has 2 aromatic rings. The molecule has 2 rings (SSSR count). The number of nitrogens with one attached hydrogen (secondary N) is 1. The van der Waals surface area contributed by atoms with E-state index in [1.165, 1.54) is 31.4 Å². The third-order valence-corrected chi connectivity index (χ3v) is 5.23. The van der Waals surface area contributed by atoms with Gasteiger partial charge in [-0.25, -0.2) is 17.2 Å². The Bertz CT molecular complexity index is 851. The van der Waals surface area contributed by atoms with Crippen LogP contribution in [0.2, 0.25) is 0 Å². The molecule has 0 fully saturated rings. The summed E-state index contributed by atoms with van der Waals surface area (Å²) in [5.74, 6) is -1.99. The second-order valence-electron chi connectivity index (χ2n) is 4.62. The van der Waals surface area contributed by atoms with Crippen LogP contribution in [0, 0.1) is 18.6 Å². The Morgan fingerprint density at radius 1 is 1.09 bits per heavy atom. The number of sulfonamides is 1. The van der Waals surface area contributed by atoms with Crippen LogP contribution in [0.3, 0.4) is 0 Å². The van der Waals surface area contributed by atoms with Crippen LogP contribution in [0.25, 0.3) is 0 Å². The Kier molecular flexibility index (Phi) is 4.62. The maximum Gasteiger partial charge on any atom is 0.264 e. The molecule has 4 nitrogen and oxygen atoms in total. The van der Waals surface area contributed by atoms with Gasteiger partial charge in [-0.3, -0.25) is 8.93 Å². The quantitative estimate of drug-likeness (QED) is 0.927. The van der Waals surface area contributed by atoms with E-state index >= 15 is 0 Å². The Balaban J connectivity index is 2.42. The molecule has 0 saturated heterocycles. The zero-order chi connectivity index (χ0) is 16.5. The molecule has 0 aliphatic heterocycles. The summed E-state index contributed by atoms with van der Waals surface area (Å²) < 4.78 is 65.0. The zero-order valence-electron chi connectivity index (χ0n) is 11.8. The molecule has 1 atom stereocenters. The summed E-state index contributed by atoms with van der Waals surface area (Å²) in [5, 5.41) is 0. The normalized spacial score (nSPS) is 12.9. The summed E-state index contributed by atoms with van der Waals surface area (Å²) in [6.07, 6.45) is 1.45. The molecular weight excluding hydrogens is 332 g/mol. The predicted molar refractivity (Wildman–Crippen MR) is 80.7 cm³/mol. The molecule has 0 radical (unpaired) electrons. The van der Waals surface area contributed by atoms with Crippen molar-refractivity contribution in [3.05, 3.63) is 53.6 Å². The molecule has 1 N–H and O–H groups in total. The van der Waals surface area contributed by atoms with Gasteiger partial charge in [0, 0.05) is 28.0 Å². The fraction of sp³-hybridized carbons (Fsp3) is 0.143. The summed E-state index contributed by atoms with van der Waals surface area (Å²) in [7, 11) is -5.50. The first-order valence-electron chi connectivity index (χ1n) is 6.12. The van der Waals surface area contributed by atoms with Crippen LogP contribution >= 0.6 is 0 Å². The largest absolute Gasteiger partial charge is 0.280 e. The highest BCUT2D eigenvalue weighted by Crippen LogP contribution is 2.22. The van der Waals surface area contributed by atoms with E-state index < -0.39 is 37.4 Å². The van der Waals surface area contributed by atoms with Crippen LogP contribution in [-0.2, 0) is 20.8 Å². The molecule has 0 amide bonds. The number of rotatable bonds is 4. The number of halogens is 2. The smallest absolute Gasteiger partial charge is 0.264 e. The van der Waals surface area contributed by atoms with Crippen LogP contribution < -0.4 is 4.72 Å². The van der Waals surface area contributed by atoms with Crippen molar-refractivity contribution < 1.29 is 21.4 Å². The van der Waals surface area contributed by atoms with Gasteiger partial charge in [-0.1, -0.05) is 6.07 Å². The Morgan fingerprint density at radius 2 is 1.77 bits per heavy atom. The van der Waals surface area contributed by atoms with Gasteiger partial charge < -0.3 is 0 Å². The highest BCUT2D eigenvalue weighted by molar-refractivity contribution is 7.92. The third kappa shape index (κ3) is 3.50. The van der Waals surface area contributed by atoms with Gasteiger partial charge in [0.2, 0.25) is 0 Å². The van der Waals surface area contributed by atoms with Gasteiger partial charge in [0.1, 0.15) is 16.5 Å². The van der Waals surface area contributed by atoms with Crippen LogP contribution in [-0.4, -0.2) is 18.9 Å². The lowest BCUT2D eigenvalue weighted by Gasteiger charge is -2.10. The topological polar surface area (TPSA) is 63.2 Å². The summed E-state index contributed by atoms with van der Waals surface area (Å²) in [6.45, 7) is 1.34. The summed E-state index contributed by atoms with van der Waals surface area (Å²) >= 11 is 0. The second kappa shape index (κ2) is 6.13. The predicted octanol–water partition coefficient (Wildman–Crippen LogP) is 2.81. The van der Waals surface area contributed by atoms with Gasteiger partial charge in [-0.05, 0) is 36.8 Å². The molecule has 8 heteroatoms. The number of anilines is 1. The van der Waals surface area contributed by atoms with E-state index in [2.05, 4.69) is 4.72 Å². The van der Waals surface area contributed by atoms with Gasteiger partial charge >= 0.3 is 0 Å². The maximum atomic E-state index is 13.7. The van der Waals surface area contributed by atoms with Crippen molar-refractivity contribution in [3.63, 3.8) is 0 Å². The van der Waals surface area contributed by atoms with Crippen molar-refractivity contribution in [2.24, 2.45) is 0 Å². The molecule has 0 aliphatic carbocycles. The number of benzene rings is 2. The van der Waals surface area contributed by atoms with Crippen LogP contribution in [0.4, 0.5) is 14.5 Å². The van der Waals surface area contributed by atoms with Crippen molar-refractivity contribution in [1.82, 2.24) is 0 Å². The first kappa shape index (κ1) is 16.6. The number of hydrogen-bond donors (Lipinski definition) is 1. The average Bonchev–Trinajstić information content (AvgIpc) is 2.42. The van der Waals surface area contributed by atoms with Gasteiger partial charge in [0.25, 0.3) is 10.0 Å². The molecule has 0 aromatic heterocycles. The van der Waals surface area contributed by atoms with E-state index in [1.807, 2.05) is 0 Å². The third-order valence-electron chi connectivity index (χ3n) is 2.92. The molecule has 0 spiro atoms. The lowest BCUT2D eigenvalue weighted by Crippen LogP contribution is -2.15. The lowest BCUT2D eigenvalue weighted by molar-refractivity contribution is 0.547. The minimum Gasteiger partial charge on any atom is -0.280 e. The summed E-state index contributed by atoms with van der Waals surface area (Å²) in [5.41, 5.74) is 0.166. The molecular formula is C14H13F2NO3S2. The van der Waals surface area contributed by atoms with Crippen molar-refractivity contribution in [1.29, 1.82) is 0 Å². The fourth-order valence-electron chi connectivity index (χ4n) is 1.79. The number of aryl methyl sites for hydroxylation is 1. The lowest BCUT2D eigenvalue weighted by atomic mass is 10.2. The van der Waals surface area contributed by atoms with E-state index in [0.717, 1.165) is 6.07 Å². The van der Waals surface area contributed by atoms with E-state index in [0.29, 0.717) is 11.0 Å². The first-order chi connectivity index (χ1) is 10.2. The molecule has 22 heavy (non-hydrogen) atoms. The molecule has 0 saturated carbocycles. The van der Waals surface area contributed by atoms with Crippen molar-refractivity contribution in [2.75, 3.05) is 11.0 Å². The standard InChI is InChI=1S/C14H13F2NO3S2/c1-9-6-14(13(16)8-12(9)15)22(19,20)17-10-4-3-5-11(7-10)21(2)18/h3-8,17H,1-2H3.